The van der Waals surface area contributed by atoms with Crippen LogP contribution in [0.25, 0.3) is 16.4 Å². The second kappa shape index (κ2) is 5.35. The lowest BCUT2D eigenvalue weighted by atomic mass is 10.1. The zero-order valence-corrected chi connectivity index (χ0v) is 12.7. The summed E-state index contributed by atoms with van der Waals surface area (Å²) >= 11 is 5.63. The molecule has 9 heteroatoms. The highest BCUT2D eigenvalue weighted by atomic mass is 32.1. The average molecular weight is 336 g/mol. The van der Waals surface area contributed by atoms with Crippen molar-refractivity contribution in [2.24, 2.45) is 0 Å². The van der Waals surface area contributed by atoms with Crippen LogP contribution in [0.1, 0.15) is 5.56 Å². The van der Waals surface area contributed by atoms with Crippen LogP contribution in [-0.4, -0.2) is 24.0 Å². The van der Waals surface area contributed by atoms with Gasteiger partial charge in [0.2, 0.25) is 0 Å². The average Bonchev–Trinajstić information content (AvgIpc) is 2.82. The maximum absolute atomic E-state index is 11.8. The Morgan fingerprint density at radius 3 is 2.55 bits per heavy atom. The summed E-state index contributed by atoms with van der Waals surface area (Å²) in [6.07, 6.45) is 1.39. The normalized spacial score (nSPS) is 14.8. The minimum Gasteiger partial charge on any atom is -0.493 e. The molecule has 2 aromatic rings. The first kappa shape index (κ1) is 14.4. The molecule has 2 amide bonds. The van der Waals surface area contributed by atoms with Gasteiger partial charge in [-0.3, -0.25) is 20.2 Å². The number of thiocarbonyl (C=S) groups is 1. The molecule has 2 N–H and O–H groups in total. The molecule has 0 radical (unpaired) electrons. The van der Waals surface area contributed by atoms with Crippen LogP contribution < -0.4 is 20.3 Å². The first-order valence-electron chi connectivity index (χ1n) is 5.98. The third-order valence-electron chi connectivity index (χ3n) is 2.90. The van der Waals surface area contributed by atoms with Gasteiger partial charge in [-0.25, -0.2) is 4.79 Å². The number of amides is 2. The minimum absolute atomic E-state index is 0.0340. The van der Waals surface area contributed by atoms with Gasteiger partial charge in [-0.15, -0.1) is 0 Å². The lowest BCUT2D eigenvalue weighted by Crippen LogP contribution is -2.51. The van der Waals surface area contributed by atoms with Crippen LogP contribution >= 0.6 is 23.6 Å². The molecule has 0 saturated carbocycles. The first-order chi connectivity index (χ1) is 10.5. The molecule has 0 aliphatic carbocycles. The third kappa shape index (κ3) is 2.51. The molecule has 0 unspecified atom stereocenters. The molecule has 1 fully saturated rings. The summed E-state index contributed by atoms with van der Waals surface area (Å²) in [6.45, 7) is 0. The molecule has 0 bridgehead atoms. The second-order valence-electron chi connectivity index (χ2n) is 4.30. The maximum atomic E-state index is 11.8. The molecule has 1 aliphatic rings. The zero-order valence-electron chi connectivity index (χ0n) is 11.1. The molecule has 2 heterocycles. The number of nitrogens with one attached hydrogen (secondary N) is 2. The van der Waals surface area contributed by atoms with E-state index >= 15 is 0 Å². The van der Waals surface area contributed by atoms with Crippen LogP contribution in [0.5, 0.6) is 5.75 Å². The Balaban J connectivity index is 2.12. The summed E-state index contributed by atoms with van der Waals surface area (Å²) in [5.74, 6) is -0.837. The van der Waals surface area contributed by atoms with E-state index in [0.717, 1.165) is 11.3 Å². The molecule has 22 heavy (non-hydrogen) atoms. The number of fused-ring (bicyclic) bond motifs is 1. The highest BCUT2D eigenvalue weighted by molar-refractivity contribution is 7.80. The minimum atomic E-state index is -0.590. The summed E-state index contributed by atoms with van der Waals surface area (Å²) in [7, 11) is 1.43. The van der Waals surface area contributed by atoms with E-state index in [4.69, 9.17) is 21.4 Å². The van der Waals surface area contributed by atoms with Crippen molar-refractivity contribution in [2.75, 3.05) is 7.11 Å². The Bertz CT molecular complexity index is 887. The zero-order chi connectivity index (χ0) is 15.9. The highest BCUT2D eigenvalue weighted by Crippen LogP contribution is 2.30. The van der Waals surface area contributed by atoms with Gasteiger partial charge in [0.15, 0.2) is 16.4 Å². The summed E-state index contributed by atoms with van der Waals surface area (Å²) in [6, 6.07) is 3.20. The van der Waals surface area contributed by atoms with E-state index in [1.165, 1.54) is 13.2 Å². The fourth-order valence-corrected chi connectivity index (χ4v) is 2.90. The van der Waals surface area contributed by atoms with Gasteiger partial charge in [0, 0.05) is 0 Å². The van der Waals surface area contributed by atoms with Crippen molar-refractivity contribution in [3.8, 4) is 5.75 Å². The van der Waals surface area contributed by atoms with E-state index in [1.54, 1.807) is 12.1 Å². The smallest absolute Gasteiger partial charge is 0.396 e. The molecule has 1 aromatic carbocycles. The fourth-order valence-electron chi connectivity index (χ4n) is 1.98. The maximum Gasteiger partial charge on any atom is 0.396 e. The largest absolute Gasteiger partial charge is 0.493 e. The van der Waals surface area contributed by atoms with Gasteiger partial charge in [0.1, 0.15) is 5.57 Å². The van der Waals surface area contributed by atoms with Crippen LogP contribution in [0.3, 0.4) is 0 Å². The molecule has 3 rings (SSSR count). The van der Waals surface area contributed by atoms with Crippen molar-refractivity contribution in [2.45, 2.75) is 0 Å². The molecular weight excluding hydrogens is 328 g/mol. The number of methoxy groups -OCH3 is 1. The predicted molar refractivity (Wildman–Crippen MR) is 83.8 cm³/mol. The van der Waals surface area contributed by atoms with Crippen molar-refractivity contribution in [3.63, 3.8) is 0 Å². The molecule has 0 spiro atoms. The van der Waals surface area contributed by atoms with Crippen molar-refractivity contribution >= 4 is 56.8 Å². The molecule has 1 aliphatic heterocycles. The van der Waals surface area contributed by atoms with E-state index in [1.807, 2.05) is 0 Å². The summed E-state index contributed by atoms with van der Waals surface area (Å²) in [5.41, 5.74) is 0.763. The van der Waals surface area contributed by atoms with Crippen LogP contribution in [0, 0.1) is 0 Å². The van der Waals surface area contributed by atoms with Gasteiger partial charge in [-0.2, -0.15) is 0 Å². The van der Waals surface area contributed by atoms with Crippen molar-refractivity contribution in [1.29, 1.82) is 0 Å². The van der Waals surface area contributed by atoms with Crippen LogP contribution in [0.4, 0.5) is 0 Å². The lowest BCUT2D eigenvalue weighted by Gasteiger charge is -2.16. The molecular formula is C13H8N2O5S2. The van der Waals surface area contributed by atoms with Crippen molar-refractivity contribution < 1.29 is 18.7 Å². The number of carbonyl (C=O) groups excluding carboxylic acids is 2. The molecule has 0 atom stereocenters. The van der Waals surface area contributed by atoms with Gasteiger partial charge in [0.05, 0.1) is 11.8 Å². The van der Waals surface area contributed by atoms with Crippen LogP contribution in [0.15, 0.2) is 26.9 Å². The predicted octanol–water partition coefficient (Wildman–Crippen LogP) is 0.777. The van der Waals surface area contributed by atoms with Crippen molar-refractivity contribution in [3.05, 3.63) is 33.0 Å². The highest BCUT2D eigenvalue weighted by Gasteiger charge is 2.25. The Morgan fingerprint density at radius 1 is 1.23 bits per heavy atom. The second-order valence-corrected chi connectivity index (χ2v) is 5.69. The van der Waals surface area contributed by atoms with Gasteiger partial charge in [-0.1, -0.05) is 11.3 Å². The topological polar surface area (TPSA) is 97.6 Å². The van der Waals surface area contributed by atoms with Gasteiger partial charge in [0.25, 0.3) is 11.8 Å². The van der Waals surface area contributed by atoms with E-state index in [9.17, 15) is 14.4 Å². The van der Waals surface area contributed by atoms with Crippen molar-refractivity contribution in [1.82, 2.24) is 10.6 Å². The SMILES string of the molecule is COc1cc(C=C2C(=O)NC(=S)NC2=O)cc2sc(=O)oc12. The van der Waals surface area contributed by atoms with E-state index in [2.05, 4.69) is 10.6 Å². The monoisotopic (exact) mass is 336 g/mol. The summed E-state index contributed by atoms with van der Waals surface area (Å²) < 4.78 is 10.8. The Labute approximate surface area is 132 Å². The number of carbonyl (C=O) groups is 2. The van der Waals surface area contributed by atoms with E-state index in [-0.39, 0.29) is 10.7 Å². The van der Waals surface area contributed by atoms with Gasteiger partial charge < -0.3 is 9.15 Å². The third-order valence-corrected chi connectivity index (χ3v) is 3.87. The Morgan fingerprint density at radius 2 is 1.91 bits per heavy atom. The number of benzene rings is 1. The van der Waals surface area contributed by atoms with E-state index < -0.39 is 16.8 Å². The van der Waals surface area contributed by atoms with Crippen LogP contribution in [0.2, 0.25) is 0 Å². The molecule has 1 saturated heterocycles. The number of hydrogen-bond donors (Lipinski definition) is 2. The summed E-state index contributed by atoms with van der Waals surface area (Å²) in [4.78, 5) is 34.5. The lowest BCUT2D eigenvalue weighted by molar-refractivity contribution is -0.123. The first-order valence-corrected chi connectivity index (χ1v) is 7.20. The van der Waals surface area contributed by atoms with Crippen LogP contribution in [-0.2, 0) is 9.59 Å². The van der Waals surface area contributed by atoms with Gasteiger partial charge >= 0.3 is 4.94 Å². The number of rotatable bonds is 2. The standard InChI is InChI=1S/C13H8N2O5S2/c1-19-7-3-5(4-8-9(7)20-13(18)22-8)2-6-10(16)14-12(21)15-11(6)17/h2-4H,1H3,(H2,14,15,16,17,21). The van der Waals surface area contributed by atoms with Gasteiger partial charge in [-0.05, 0) is 36.0 Å². The Hall–Kier alpha value is -2.52. The molecule has 7 nitrogen and oxygen atoms in total. The molecule has 1 aromatic heterocycles. The molecule has 112 valence electrons. The number of hydrogen-bond acceptors (Lipinski definition) is 7. The number of ether oxygens (including phenoxy) is 1. The van der Waals surface area contributed by atoms with E-state index in [0.29, 0.717) is 21.6 Å². The summed E-state index contributed by atoms with van der Waals surface area (Å²) in [5, 5.41) is 4.66. The quantitative estimate of drug-likeness (QED) is 0.478. The Kier molecular flexibility index (Phi) is 3.51. The fraction of sp³-hybridized carbons (Fsp3) is 0.0769.